The maximum absolute atomic E-state index is 2.43. The van der Waals surface area contributed by atoms with Gasteiger partial charge in [-0.2, -0.15) is 0 Å². The van der Waals surface area contributed by atoms with Crippen molar-refractivity contribution >= 4 is 160 Å². The molecule has 20 aromatic carbocycles. The molecule has 0 amide bonds. The molecule has 7 heteroatoms. The second-order valence-electron chi connectivity index (χ2n) is 32.0. The first-order chi connectivity index (χ1) is 61.9. The van der Waals surface area contributed by atoms with Crippen LogP contribution in [0.4, 0.5) is 85.3 Å². The van der Waals surface area contributed by atoms with E-state index >= 15 is 0 Å². The van der Waals surface area contributed by atoms with Gasteiger partial charge in [-0.3, -0.25) is 0 Å². The highest BCUT2D eigenvalue weighted by Gasteiger charge is 2.27. The number of hydrogen-bond donors (Lipinski definition) is 0. The maximum atomic E-state index is 2.43. The van der Waals surface area contributed by atoms with E-state index in [0.29, 0.717) is 0 Å². The molecule has 592 valence electrons. The van der Waals surface area contributed by atoms with Crippen molar-refractivity contribution in [3.63, 3.8) is 0 Å². The average molecular weight is 1620 g/mol. The molecule has 0 atom stereocenters. The van der Waals surface area contributed by atoms with Gasteiger partial charge < -0.3 is 29.1 Å². The van der Waals surface area contributed by atoms with Crippen molar-refractivity contribution < 1.29 is 0 Å². The number of rotatable bonds is 20. The number of para-hydroxylation sites is 8. The molecule has 0 unspecified atom stereocenters. The highest BCUT2D eigenvalue weighted by molar-refractivity contribution is 7.26. The zero-order chi connectivity index (χ0) is 83.3. The molecule has 6 nitrogen and oxygen atoms in total. The Kier molecular flexibility index (Phi) is 19.5. The lowest BCUT2D eigenvalue weighted by Crippen LogP contribution is -2.13. The Balaban J connectivity index is 0.567. The SMILES string of the molecule is Cc1cc(N(c2ccccc2)c2ccc(N(c3ccccc3)c3ccccc3)cc2)c2ccccc2c1-c1c(C)cc(N(c2ccccc2)c2ccc(N(c3ccccc3)c3ccc(-c4ccc(-c5ccc(N(c6ccccc6)c6ccc(-c7ccc(-n8c9ccccc9c9ccccc98)cc7)cc6)cc5)c5sc6ccccc6c45)cc3)cc2)c2ccccc12. The van der Waals surface area contributed by atoms with E-state index in [9.17, 15) is 0 Å². The number of aryl methyl sites for hydroxylation is 2. The van der Waals surface area contributed by atoms with E-state index in [-0.39, 0.29) is 0 Å². The fraction of sp³-hybridized carbons (Fsp3) is 0.0169. The highest BCUT2D eigenvalue weighted by atomic mass is 32.1. The first kappa shape index (κ1) is 75.2. The van der Waals surface area contributed by atoms with Crippen molar-refractivity contribution in [2.75, 3.05) is 24.5 Å². The molecule has 0 aliphatic heterocycles. The molecule has 0 radical (unpaired) electrons. The minimum Gasteiger partial charge on any atom is -0.311 e. The quantitative estimate of drug-likeness (QED) is 0.0756. The van der Waals surface area contributed by atoms with E-state index in [2.05, 4.69) is 516 Å². The summed E-state index contributed by atoms with van der Waals surface area (Å²) in [5, 5.41) is 9.74. The second kappa shape index (κ2) is 32.5. The summed E-state index contributed by atoms with van der Waals surface area (Å²) in [6.07, 6.45) is 0. The summed E-state index contributed by atoms with van der Waals surface area (Å²) in [6.45, 7) is 4.59. The Labute approximate surface area is 732 Å². The molecule has 125 heavy (non-hydrogen) atoms. The number of fused-ring (bicyclic) bond motifs is 8. The van der Waals surface area contributed by atoms with Crippen molar-refractivity contribution in [2.45, 2.75) is 13.8 Å². The Hall–Kier alpha value is -16.1. The molecule has 0 spiro atoms. The van der Waals surface area contributed by atoms with E-state index in [4.69, 9.17) is 0 Å². The second-order valence-corrected chi connectivity index (χ2v) is 33.1. The van der Waals surface area contributed by atoms with E-state index in [0.717, 1.165) is 113 Å². The first-order valence-electron chi connectivity index (χ1n) is 42.8. The van der Waals surface area contributed by atoms with Gasteiger partial charge in [-0.15, -0.1) is 11.3 Å². The normalized spacial score (nSPS) is 11.4. The van der Waals surface area contributed by atoms with Gasteiger partial charge in [0.2, 0.25) is 0 Å². The van der Waals surface area contributed by atoms with Crippen LogP contribution >= 0.6 is 11.3 Å². The van der Waals surface area contributed by atoms with E-state index < -0.39 is 0 Å². The number of nitrogens with zero attached hydrogens (tertiary/aromatic N) is 6. The Morgan fingerprint density at radius 1 is 0.200 bits per heavy atom. The number of thiophene rings is 1. The average Bonchev–Trinajstić information content (AvgIpc) is 1.48. The number of aromatic nitrogens is 1. The molecule has 0 saturated carbocycles. The molecular weight excluding hydrogens is 1530 g/mol. The van der Waals surface area contributed by atoms with Gasteiger partial charge in [0.1, 0.15) is 0 Å². The summed E-state index contributed by atoms with van der Waals surface area (Å²) in [6, 6.07) is 173. The van der Waals surface area contributed by atoms with Crippen molar-refractivity contribution in [1.29, 1.82) is 0 Å². The summed E-state index contributed by atoms with van der Waals surface area (Å²) < 4.78 is 4.90. The molecule has 0 N–H and O–H groups in total. The molecule has 2 heterocycles. The van der Waals surface area contributed by atoms with Crippen molar-refractivity contribution in [2.24, 2.45) is 0 Å². The van der Waals surface area contributed by atoms with E-state index in [1.54, 1.807) is 0 Å². The van der Waals surface area contributed by atoms with Crippen LogP contribution in [0.1, 0.15) is 11.1 Å². The number of hydrogen-bond acceptors (Lipinski definition) is 6. The predicted octanol–water partition coefficient (Wildman–Crippen LogP) is 34.1. The third-order valence-corrected chi connectivity index (χ3v) is 25.8. The van der Waals surface area contributed by atoms with Crippen molar-refractivity contribution in [3.8, 4) is 50.2 Å². The zero-order valence-electron chi connectivity index (χ0n) is 69.1. The maximum Gasteiger partial charge on any atom is 0.0543 e. The Morgan fingerprint density at radius 3 is 0.824 bits per heavy atom. The third kappa shape index (κ3) is 13.8. The summed E-state index contributed by atoms with van der Waals surface area (Å²) in [5.74, 6) is 0. The van der Waals surface area contributed by atoms with Crippen molar-refractivity contribution in [3.05, 3.63) is 484 Å². The molecule has 0 aliphatic rings. The fourth-order valence-corrected chi connectivity index (χ4v) is 20.1. The van der Waals surface area contributed by atoms with Crippen LogP contribution in [0.2, 0.25) is 0 Å². The van der Waals surface area contributed by atoms with Gasteiger partial charge in [0.25, 0.3) is 0 Å². The van der Waals surface area contributed by atoms with Crippen LogP contribution in [0.3, 0.4) is 0 Å². The van der Waals surface area contributed by atoms with E-state index in [1.807, 2.05) is 11.3 Å². The van der Waals surface area contributed by atoms with Crippen LogP contribution in [0, 0.1) is 13.8 Å². The van der Waals surface area contributed by atoms with Gasteiger partial charge >= 0.3 is 0 Å². The molecule has 0 fully saturated rings. The van der Waals surface area contributed by atoms with Crippen LogP contribution in [0.15, 0.2) is 473 Å². The van der Waals surface area contributed by atoms with Crippen LogP contribution in [-0.2, 0) is 0 Å². The summed E-state index contributed by atoms with van der Waals surface area (Å²) in [5.41, 5.74) is 31.6. The van der Waals surface area contributed by atoms with Crippen LogP contribution < -0.4 is 24.5 Å². The summed E-state index contributed by atoms with van der Waals surface area (Å²) in [7, 11) is 0. The molecule has 0 saturated heterocycles. The standard InChI is InChI=1S/C118H84N6S/c1-81-79-112(122(91-39-17-7-18-40-91)98-73-69-96(70-74-98)119(87-31-9-3-10-32-87)88-33-11-4-12-34-88)105-45-21-23-47-107(105)115(81)116-82(2)80-113(106-46-22-24-48-108(106)116)123(92-41-19-8-20-42-92)99-75-71-97(72-76-99)121(90-37-15-6-16-38-90)94-65-57-85(58-66-94)101-77-78-102(118-117(101)109-49-27-30-52-114(109)125-118)86-59-67-95(68-60-86)120(89-35-13-5-14-36-89)93-61-53-83(54-62-93)84-55-63-100(64-56-84)124-110-50-28-25-43-103(110)104-44-26-29-51-111(104)124/h3-80H,1-2H3. The molecular formula is C118H84N6S. The lowest BCUT2D eigenvalue weighted by molar-refractivity contribution is 1.18. The topological polar surface area (TPSA) is 21.1 Å². The van der Waals surface area contributed by atoms with E-state index in [1.165, 1.54) is 97.3 Å². The van der Waals surface area contributed by atoms with Gasteiger partial charge in [0, 0.05) is 121 Å². The Morgan fingerprint density at radius 2 is 0.456 bits per heavy atom. The smallest absolute Gasteiger partial charge is 0.0543 e. The highest BCUT2D eigenvalue weighted by Crippen LogP contribution is 2.52. The van der Waals surface area contributed by atoms with Gasteiger partial charge in [0.05, 0.1) is 22.4 Å². The monoisotopic (exact) mass is 1620 g/mol. The zero-order valence-corrected chi connectivity index (χ0v) is 69.9. The van der Waals surface area contributed by atoms with Gasteiger partial charge in [0.15, 0.2) is 0 Å². The van der Waals surface area contributed by atoms with Crippen LogP contribution in [-0.4, -0.2) is 4.57 Å². The third-order valence-electron chi connectivity index (χ3n) is 24.6. The minimum atomic E-state index is 1.05. The molecule has 0 bridgehead atoms. The number of benzene rings is 20. The lowest BCUT2D eigenvalue weighted by Gasteiger charge is -2.31. The minimum absolute atomic E-state index is 1.05. The predicted molar refractivity (Wildman–Crippen MR) is 533 cm³/mol. The fourth-order valence-electron chi connectivity index (χ4n) is 18.9. The van der Waals surface area contributed by atoms with Crippen molar-refractivity contribution in [1.82, 2.24) is 4.57 Å². The van der Waals surface area contributed by atoms with Gasteiger partial charge in [-0.1, -0.05) is 273 Å². The Bertz CT molecular complexity index is 7580. The largest absolute Gasteiger partial charge is 0.311 e. The van der Waals surface area contributed by atoms with Gasteiger partial charge in [-0.05, 0) is 280 Å². The van der Waals surface area contributed by atoms with Crippen LogP contribution in [0.5, 0.6) is 0 Å². The van der Waals surface area contributed by atoms with Gasteiger partial charge in [-0.25, -0.2) is 0 Å². The molecule has 22 aromatic rings. The lowest BCUT2D eigenvalue weighted by atomic mass is 9.86. The molecule has 22 rings (SSSR count). The molecule has 2 aromatic heterocycles. The van der Waals surface area contributed by atoms with Crippen LogP contribution in [0.25, 0.3) is 114 Å². The number of anilines is 15. The molecule has 0 aliphatic carbocycles. The summed E-state index contributed by atoms with van der Waals surface area (Å²) in [4.78, 5) is 11.9. The summed E-state index contributed by atoms with van der Waals surface area (Å²) >= 11 is 1.87. The first-order valence-corrected chi connectivity index (χ1v) is 43.6.